The van der Waals surface area contributed by atoms with Crippen molar-refractivity contribution in [2.75, 3.05) is 20.1 Å². The van der Waals surface area contributed by atoms with Crippen molar-refractivity contribution in [2.45, 2.75) is 32.7 Å². The summed E-state index contributed by atoms with van der Waals surface area (Å²) < 4.78 is 5.25. The Morgan fingerprint density at radius 2 is 2.00 bits per heavy atom. The van der Waals surface area contributed by atoms with Crippen molar-refractivity contribution in [3.8, 4) is 5.75 Å². The first-order valence-electron chi connectivity index (χ1n) is 8.74. The average molecular weight is 344 g/mol. The molecule has 1 fully saturated rings. The minimum atomic E-state index is -0.411. The summed E-state index contributed by atoms with van der Waals surface area (Å²) in [6.45, 7) is 4.25. The summed E-state index contributed by atoms with van der Waals surface area (Å²) >= 11 is 0. The molecule has 0 bridgehead atoms. The Hall–Kier alpha value is -2.34. The smallest absolute Gasteiger partial charge is 0.336 e. The molecule has 0 spiro atoms. The summed E-state index contributed by atoms with van der Waals surface area (Å²) in [4.78, 5) is 25.9. The van der Waals surface area contributed by atoms with E-state index in [2.05, 4.69) is 10.2 Å². The highest BCUT2D eigenvalue weighted by molar-refractivity contribution is 5.82. The molecule has 1 aromatic carbocycles. The molecule has 1 aliphatic rings. The molecule has 1 aromatic heterocycles. The number of rotatable bonds is 4. The second-order valence-electron chi connectivity index (χ2n) is 6.59. The predicted molar refractivity (Wildman–Crippen MR) is 95.6 cm³/mol. The van der Waals surface area contributed by atoms with Crippen molar-refractivity contribution < 1.29 is 14.3 Å². The average Bonchev–Trinajstić information content (AvgIpc) is 2.61. The van der Waals surface area contributed by atoms with E-state index in [1.54, 1.807) is 7.05 Å². The van der Waals surface area contributed by atoms with Gasteiger partial charge in [0.25, 0.3) is 0 Å². The van der Waals surface area contributed by atoms with E-state index in [-0.39, 0.29) is 17.6 Å². The van der Waals surface area contributed by atoms with Gasteiger partial charge in [0, 0.05) is 37.0 Å². The van der Waals surface area contributed by atoms with Gasteiger partial charge in [-0.2, -0.15) is 0 Å². The number of benzene rings is 1. The third kappa shape index (κ3) is 3.69. The minimum Gasteiger partial charge on any atom is -0.508 e. The SMILES string of the molecule is CCc1cc2c(CN3CCC(C(=O)NC)CC3)cc(=O)oc2cc1O. The van der Waals surface area contributed by atoms with Gasteiger partial charge in [-0.05, 0) is 49.5 Å². The zero-order valence-corrected chi connectivity index (χ0v) is 14.7. The Balaban J connectivity index is 1.84. The number of carbonyl (C=O) groups is 1. The van der Waals surface area contributed by atoms with Crippen LogP contribution in [0.25, 0.3) is 11.0 Å². The molecule has 6 nitrogen and oxygen atoms in total. The van der Waals surface area contributed by atoms with Gasteiger partial charge in [-0.3, -0.25) is 9.69 Å². The Kier molecular flexibility index (Phi) is 5.08. The Bertz CT molecular complexity index is 835. The van der Waals surface area contributed by atoms with Gasteiger partial charge in [0.15, 0.2) is 0 Å². The molecule has 0 aliphatic carbocycles. The fourth-order valence-electron chi connectivity index (χ4n) is 3.52. The number of phenols is 1. The van der Waals surface area contributed by atoms with Crippen LogP contribution in [0.3, 0.4) is 0 Å². The van der Waals surface area contributed by atoms with Crippen molar-refractivity contribution in [1.82, 2.24) is 10.2 Å². The molecule has 0 saturated carbocycles. The molecule has 0 radical (unpaired) electrons. The van der Waals surface area contributed by atoms with Gasteiger partial charge in [0.1, 0.15) is 11.3 Å². The molecular formula is C19H24N2O4. The van der Waals surface area contributed by atoms with Crippen LogP contribution in [0.2, 0.25) is 0 Å². The standard InChI is InChI=1S/C19H24N2O4/c1-3-12-8-15-14(9-18(23)25-17(15)10-16(12)22)11-21-6-4-13(5-7-21)19(24)20-2/h8-10,13,22H,3-7,11H2,1-2H3,(H,20,24). The van der Waals surface area contributed by atoms with E-state index in [4.69, 9.17) is 4.42 Å². The van der Waals surface area contributed by atoms with Gasteiger partial charge in [-0.15, -0.1) is 0 Å². The molecule has 1 saturated heterocycles. The minimum absolute atomic E-state index is 0.0717. The van der Waals surface area contributed by atoms with Gasteiger partial charge in [-0.25, -0.2) is 4.79 Å². The van der Waals surface area contributed by atoms with Gasteiger partial charge >= 0.3 is 5.63 Å². The van der Waals surface area contributed by atoms with Crippen LogP contribution in [0.15, 0.2) is 27.4 Å². The number of phenolic OH excluding ortho intramolecular Hbond substituents is 1. The van der Waals surface area contributed by atoms with Gasteiger partial charge in [-0.1, -0.05) is 6.92 Å². The normalized spacial score (nSPS) is 16.2. The van der Waals surface area contributed by atoms with E-state index < -0.39 is 5.63 Å². The fourth-order valence-corrected chi connectivity index (χ4v) is 3.52. The van der Waals surface area contributed by atoms with Gasteiger partial charge < -0.3 is 14.8 Å². The second-order valence-corrected chi connectivity index (χ2v) is 6.59. The van der Waals surface area contributed by atoms with Crippen LogP contribution in [-0.4, -0.2) is 36.1 Å². The zero-order valence-electron chi connectivity index (χ0n) is 14.7. The van der Waals surface area contributed by atoms with Crippen LogP contribution in [0, 0.1) is 5.92 Å². The molecule has 134 valence electrons. The molecule has 3 rings (SSSR count). The van der Waals surface area contributed by atoms with Crippen molar-refractivity contribution in [1.29, 1.82) is 0 Å². The Labute approximate surface area is 146 Å². The molecule has 0 atom stereocenters. The lowest BCUT2D eigenvalue weighted by Gasteiger charge is -2.31. The number of hydrogen-bond acceptors (Lipinski definition) is 5. The Morgan fingerprint density at radius 1 is 1.28 bits per heavy atom. The summed E-state index contributed by atoms with van der Waals surface area (Å²) in [6.07, 6.45) is 2.35. The van der Waals surface area contributed by atoms with Crippen LogP contribution < -0.4 is 10.9 Å². The first-order valence-corrected chi connectivity index (χ1v) is 8.74. The van der Waals surface area contributed by atoms with Crippen molar-refractivity contribution in [3.63, 3.8) is 0 Å². The maximum absolute atomic E-state index is 11.9. The highest BCUT2D eigenvalue weighted by atomic mass is 16.4. The van der Waals surface area contributed by atoms with E-state index in [0.29, 0.717) is 18.5 Å². The maximum Gasteiger partial charge on any atom is 0.336 e. The molecule has 2 aromatic rings. The highest BCUT2D eigenvalue weighted by Crippen LogP contribution is 2.28. The number of aromatic hydroxyl groups is 1. The maximum atomic E-state index is 11.9. The molecule has 25 heavy (non-hydrogen) atoms. The summed E-state index contributed by atoms with van der Waals surface area (Å²) in [5, 5.41) is 13.6. The molecule has 1 aliphatic heterocycles. The van der Waals surface area contributed by atoms with E-state index in [1.165, 1.54) is 12.1 Å². The first-order chi connectivity index (χ1) is 12.0. The van der Waals surface area contributed by atoms with E-state index >= 15 is 0 Å². The van der Waals surface area contributed by atoms with Crippen LogP contribution in [0.1, 0.15) is 30.9 Å². The predicted octanol–water partition coefficient (Wildman–Crippen LogP) is 2.02. The quantitative estimate of drug-likeness (QED) is 0.829. The molecule has 1 amide bonds. The third-order valence-corrected chi connectivity index (χ3v) is 5.01. The summed E-state index contributed by atoms with van der Waals surface area (Å²) in [5.41, 5.74) is 1.74. The van der Waals surface area contributed by atoms with E-state index in [1.807, 2.05) is 13.0 Å². The topological polar surface area (TPSA) is 82.8 Å². The monoisotopic (exact) mass is 344 g/mol. The lowest BCUT2D eigenvalue weighted by atomic mass is 9.95. The molecule has 2 heterocycles. The van der Waals surface area contributed by atoms with Crippen LogP contribution >= 0.6 is 0 Å². The number of likely N-dealkylation sites (tertiary alicyclic amines) is 1. The molecular weight excluding hydrogens is 320 g/mol. The molecule has 2 N–H and O–H groups in total. The first kappa shape index (κ1) is 17.5. The highest BCUT2D eigenvalue weighted by Gasteiger charge is 2.24. The number of piperidine rings is 1. The number of carbonyl (C=O) groups excluding carboxylic acids is 1. The number of amides is 1. The molecule has 0 unspecified atom stereocenters. The number of nitrogens with zero attached hydrogens (tertiary/aromatic N) is 1. The number of aryl methyl sites for hydroxylation is 1. The van der Waals surface area contributed by atoms with Gasteiger partial charge in [0.05, 0.1) is 0 Å². The van der Waals surface area contributed by atoms with Crippen molar-refractivity contribution in [2.24, 2.45) is 5.92 Å². The zero-order chi connectivity index (χ0) is 18.0. The second kappa shape index (κ2) is 7.27. The van der Waals surface area contributed by atoms with E-state index in [9.17, 15) is 14.7 Å². The van der Waals surface area contributed by atoms with Crippen LogP contribution in [0.5, 0.6) is 5.75 Å². The van der Waals surface area contributed by atoms with Gasteiger partial charge in [0.2, 0.25) is 5.91 Å². The molecule has 6 heteroatoms. The van der Waals surface area contributed by atoms with Crippen LogP contribution in [0.4, 0.5) is 0 Å². The third-order valence-electron chi connectivity index (χ3n) is 5.01. The number of nitrogens with one attached hydrogen (secondary N) is 1. The van der Waals surface area contributed by atoms with Crippen molar-refractivity contribution in [3.05, 3.63) is 39.7 Å². The van der Waals surface area contributed by atoms with Crippen LogP contribution in [-0.2, 0) is 17.8 Å². The largest absolute Gasteiger partial charge is 0.508 e. The number of hydrogen-bond donors (Lipinski definition) is 2. The van der Waals surface area contributed by atoms with E-state index in [0.717, 1.165) is 42.4 Å². The number of fused-ring (bicyclic) bond motifs is 1. The fraction of sp³-hybridized carbons (Fsp3) is 0.474. The summed E-state index contributed by atoms with van der Waals surface area (Å²) in [5.74, 6) is 0.331. The lowest BCUT2D eigenvalue weighted by molar-refractivity contribution is -0.125. The Morgan fingerprint density at radius 3 is 2.64 bits per heavy atom. The summed E-state index contributed by atoms with van der Waals surface area (Å²) in [7, 11) is 1.67. The summed E-state index contributed by atoms with van der Waals surface area (Å²) in [6, 6.07) is 4.96. The van der Waals surface area contributed by atoms with Crippen molar-refractivity contribution >= 4 is 16.9 Å². The lowest BCUT2D eigenvalue weighted by Crippen LogP contribution is -2.39.